The van der Waals surface area contributed by atoms with E-state index in [1.54, 1.807) is 24.3 Å². The molecule has 0 aliphatic heterocycles. The first-order valence-corrected chi connectivity index (χ1v) is 13.1. The standard InChI is InChI=1S/C26H30FNO3S/c1-17(2)23(16-32(30,31)20-8-4-3-5-9-20)21-13-14-25(28-26(21)29)19-12-11-18-7-6-10-24(27)22(18)15-19/h6-7,10-15,17,20,23H,3-5,8-9,16H2,1-2H3,(H,28,29). The third-order valence-corrected chi connectivity index (χ3v) is 9.07. The largest absolute Gasteiger partial charge is 0.322 e. The van der Waals surface area contributed by atoms with Crippen molar-refractivity contribution in [3.05, 3.63) is 70.3 Å². The normalized spacial score (nSPS) is 16.5. The minimum Gasteiger partial charge on any atom is -0.322 e. The molecule has 1 fully saturated rings. The SMILES string of the molecule is CC(C)C(CS(=O)(=O)C1CCCCC1)c1ccc(-c2ccc3cccc(F)c3c2)[nH]c1=O. The summed E-state index contributed by atoms with van der Waals surface area (Å²) in [6.45, 7) is 3.92. The van der Waals surface area contributed by atoms with Crippen LogP contribution in [0.3, 0.4) is 0 Å². The molecule has 0 radical (unpaired) electrons. The Kier molecular flexibility index (Phi) is 6.52. The summed E-state index contributed by atoms with van der Waals surface area (Å²) in [5.41, 5.74) is 1.51. The van der Waals surface area contributed by atoms with Crippen LogP contribution in [0.15, 0.2) is 53.3 Å². The van der Waals surface area contributed by atoms with Crippen molar-refractivity contribution in [2.75, 3.05) is 5.75 Å². The Hall–Kier alpha value is -2.47. The lowest BCUT2D eigenvalue weighted by molar-refractivity contribution is 0.471. The predicted molar refractivity (Wildman–Crippen MR) is 128 cm³/mol. The van der Waals surface area contributed by atoms with E-state index in [-0.39, 0.29) is 34.2 Å². The highest BCUT2D eigenvalue weighted by Gasteiger charge is 2.32. The van der Waals surface area contributed by atoms with Gasteiger partial charge in [-0.2, -0.15) is 0 Å². The molecule has 0 amide bonds. The molecule has 1 N–H and O–H groups in total. The van der Waals surface area contributed by atoms with Crippen LogP contribution in [0.4, 0.5) is 4.39 Å². The lowest BCUT2D eigenvalue weighted by atomic mass is 9.90. The van der Waals surface area contributed by atoms with Crippen molar-refractivity contribution in [2.24, 2.45) is 5.92 Å². The van der Waals surface area contributed by atoms with E-state index >= 15 is 0 Å². The summed E-state index contributed by atoms with van der Waals surface area (Å²) in [7, 11) is -3.28. The van der Waals surface area contributed by atoms with Crippen molar-refractivity contribution in [2.45, 2.75) is 57.1 Å². The Morgan fingerprint density at radius 3 is 2.47 bits per heavy atom. The first-order chi connectivity index (χ1) is 15.3. The quantitative estimate of drug-likeness (QED) is 0.509. The molecule has 4 nitrogen and oxygen atoms in total. The third kappa shape index (κ3) is 4.65. The van der Waals surface area contributed by atoms with Crippen LogP contribution in [0, 0.1) is 11.7 Å². The number of rotatable bonds is 6. The van der Waals surface area contributed by atoms with Gasteiger partial charge in [-0.25, -0.2) is 12.8 Å². The smallest absolute Gasteiger partial charge is 0.251 e. The summed E-state index contributed by atoms with van der Waals surface area (Å²) < 4.78 is 40.4. The van der Waals surface area contributed by atoms with Gasteiger partial charge in [0, 0.05) is 22.6 Å². The minimum atomic E-state index is -3.28. The van der Waals surface area contributed by atoms with Gasteiger partial charge >= 0.3 is 0 Å². The van der Waals surface area contributed by atoms with Crippen LogP contribution < -0.4 is 5.56 Å². The van der Waals surface area contributed by atoms with Gasteiger partial charge in [0.2, 0.25) is 0 Å². The van der Waals surface area contributed by atoms with Gasteiger partial charge in [0.15, 0.2) is 9.84 Å². The summed E-state index contributed by atoms with van der Waals surface area (Å²) in [5.74, 6) is -0.668. The molecule has 32 heavy (non-hydrogen) atoms. The molecule has 0 bridgehead atoms. The topological polar surface area (TPSA) is 67.0 Å². The van der Waals surface area contributed by atoms with Gasteiger partial charge in [-0.1, -0.05) is 63.4 Å². The molecule has 0 saturated heterocycles. The van der Waals surface area contributed by atoms with E-state index in [1.165, 1.54) is 6.07 Å². The van der Waals surface area contributed by atoms with E-state index in [4.69, 9.17) is 0 Å². The molecule has 4 rings (SSSR count). The molecule has 170 valence electrons. The zero-order valence-electron chi connectivity index (χ0n) is 18.6. The molecule has 1 atom stereocenters. The van der Waals surface area contributed by atoms with Gasteiger partial charge in [-0.3, -0.25) is 4.79 Å². The van der Waals surface area contributed by atoms with Gasteiger partial charge in [0.1, 0.15) is 5.82 Å². The highest BCUT2D eigenvalue weighted by atomic mass is 32.2. The maximum absolute atomic E-state index is 14.2. The monoisotopic (exact) mass is 455 g/mol. The molecule has 1 aromatic heterocycles. The highest BCUT2D eigenvalue weighted by Crippen LogP contribution is 2.31. The van der Waals surface area contributed by atoms with Crippen LogP contribution in [0.5, 0.6) is 0 Å². The highest BCUT2D eigenvalue weighted by molar-refractivity contribution is 7.92. The maximum Gasteiger partial charge on any atom is 0.251 e. The number of halogens is 1. The summed E-state index contributed by atoms with van der Waals surface area (Å²) in [5, 5.41) is 0.998. The summed E-state index contributed by atoms with van der Waals surface area (Å²) in [4.78, 5) is 15.9. The molecule has 1 aliphatic carbocycles. The van der Waals surface area contributed by atoms with E-state index in [0.29, 0.717) is 22.2 Å². The Morgan fingerprint density at radius 1 is 1.03 bits per heavy atom. The van der Waals surface area contributed by atoms with Crippen LogP contribution in [0.1, 0.15) is 57.4 Å². The Morgan fingerprint density at radius 2 is 1.78 bits per heavy atom. The predicted octanol–water partition coefficient (Wildman–Crippen LogP) is 5.82. The van der Waals surface area contributed by atoms with E-state index in [1.807, 2.05) is 32.0 Å². The van der Waals surface area contributed by atoms with Crippen LogP contribution >= 0.6 is 0 Å². The van der Waals surface area contributed by atoms with Gasteiger partial charge in [-0.15, -0.1) is 0 Å². The molecular formula is C26H30FNO3S. The fraction of sp³-hybridized carbons (Fsp3) is 0.423. The molecule has 1 saturated carbocycles. The summed E-state index contributed by atoms with van der Waals surface area (Å²) >= 11 is 0. The van der Waals surface area contributed by atoms with Crippen molar-refractivity contribution in [3.63, 3.8) is 0 Å². The average Bonchev–Trinajstić information content (AvgIpc) is 2.78. The van der Waals surface area contributed by atoms with E-state index in [0.717, 1.165) is 37.5 Å². The van der Waals surface area contributed by atoms with Crippen LogP contribution in [0.2, 0.25) is 0 Å². The fourth-order valence-electron chi connectivity index (χ4n) is 4.80. The Labute approximate surface area is 188 Å². The second-order valence-corrected chi connectivity index (χ2v) is 11.6. The molecule has 6 heteroatoms. The lowest BCUT2D eigenvalue weighted by Crippen LogP contribution is -2.32. The van der Waals surface area contributed by atoms with Crippen LogP contribution in [-0.4, -0.2) is 24.4 Å². The fourth-order valence-corrected chi connectivity index (χ4v) is 7.19. The number of hydrogen-bond donors (Lipinski definition) is 1. The third-order valence-electron chi connectivity index (χ3n) is 6.76. The number of nitrogens with one attached hydrogen (secondary N) is 1. The van der Waals surface area contributed by atoms with Crippen molar-refractivity contribution < 1.29 is 12.8 Å². The maximum atomic E-state index is 14.2. The lowest BCUT2D eigenvalue weighted by Gasteiger charge is -2.26. The molecule has 1 heterocycles. The van der Waals surface area contributed by atoms with Crippen molar-refractivity contribution in [1.29, 1.82) is 0 Å². The minimum absolute atomic E-state index is 0.00105. The molecule has 2 aromatic carbocycles. The zero-order chi connectivity index (χ0) is 22.9. The average molecular weight is 456 g/mol. The van der Waals surface area contributed by atoms with Gasteiger partial charge < -0.3 is 4.98 Å². The summed E-state index contributed by atoms with van der Waals surface area (Å²) in [6, 6.07) is 13.9. The molecule has 3 aromatic rings. The van der Waals surface area contributed by atoms with Crippen molar-refractivity contribution in [3.8, 4) is 11.3 Å². The number of sulfone groups is 1. The van der Waals surface area contributed by atoms with Crippen LogP contribution in [-0.2, 0) is 9.84 Å². The van der Waals surface area contributed by atoms with E-state index in [2.05, 4.69) is 4.98 Å². The number of pyridine rings is 1. The van der Waals surface area contributed by atoms with E-state index < -0.39 is 9.84 Å². The van der Waals surface area contributed by atoms with Gasteiger partial charge in [0.25, 0.3) is 5.56 Å². The number of hydrogen-bond acceptors (Lipinski definition) is 3. The van der Waals surface area contributed by atoms with Crippen LogP contribution in [0.25, 0.3) is 22.0 Å². The molecule has 1 unspecified atom stereocenters. The first-order valence-electron chi connectivity index (χ1n) is 11.4. The second kappa shape index (κ2) is 9.18. The molecule has 0 spiro atoms. The van der Waals surface area contributed by atoms with Crippen molar-refractivity contribution >= 4 is 20.6 Å². The number of aromatic amines is 1. The van der Waals surface area contributed by atoms with Crippen molar-refractivity contribution in [1.82, 2.24) is 4.98 Å². The first kappa shape index (κ1) is 22.7. The van der Waals surface area contributed by atoms with Gasteiger partial charge in [0.05, 0.1) is 11.0 Å². The number of fused-ring (bicyclic) bond motifs is 1. The molecular weight excluding hydrogens is 425 g/mol. The van der Waals surface area contributed by atoms with E-state index in [9.17, 15) is 17.6 Å². The summed E-state index contributed by atoms with van der Waals surface area (Å²) in [6.07, 6.45) is 4.46. The zero-order valence-corrected chi connectivity index (χ0v) is 19.4. The number of H-pyrrole nitrogens is 1. The van der Waals surface area contributed by atoms with Gasteiger partial charge in [-0.05, 0) is 47.9 Å². The second-order valence-electron chi connectivity index (χ2n) is 9.27. The Balaban J connectivity index is 1.65. The number of aromatic nitrogens is 1. The number of benzene rings is 2. The molecule has 1 aliphatic rings. The Bertz CT molecular complexity index is 1270.